The van der Waals surface area contributed by atoms with Crippen LogP contribution in [-0.4, -0.2) is 20.3 Å². The fourth-order valence-corrected chi connectivity index (χ4v) is 1.27. The Bertz CT molecular complexity index is 341. The summed E-state index contributed by atoms with van der Waals surface area (Å²) in [5, 5.41) is 2.53. The maximum absolute atomic E-state index is 10.9. The van der Waals surface area contributed by atoms with Gasteiger partial charge >= 0.3 is 6.09 Å². The predicted octanol–water partition coefficient (Wildman–Crippen LogP) is 2.64. The molecule has 1 aromatic carbocycles. The SMILES string of the molecule is COC(=O)Nc1ccc(Br)cc1OC. The van der Waals surface area contributed by atoms with Gasteiger partial charge in [0.15, 0.2) is 0 Å². The van der Waals surface area contributed by atoms with Gasteiger partial charge < -0.3 is 9.47 Å². The second kappa shape index (κ2) is 4.85. The fraction of sp³-hybridized carbons (Fsp3) is 0.222. The molecule has 0 unspecified atom stereocenters. The molecule has 0 fully saturated rings. The lowest BCUT2D eigenvalue weighted by Crippen LogP contribution is -2.11. The number of benzene rings is 1. The molecule has 5 heteroatoms. The van der Waals surface area contributed by atoms with E-state index in [4.69, 9.17) is 4.74 Å². The molecular formula is C9H10BrNO3. The molecular weight excluding hydrogens is 250 g/mol. The highest BCUT2D eigenvalue weighted by Crippen LogP contribution is 2.27. The Labute approximate surface area is 90.3 Å². The summed E-state index contributed by atoms with van der Waals surface area (Å²) in [6, 6.07) is 5.28. The number of halogens is 1. The first-order valence-corrected chi connectivity index (χ1v) is 4.65. The van der Waals surface area contributed by atoms with Crippen LogP contribution < -0.4 is 10.1 Å². The van der Waals surface area contributed by atoms with Gasteiger partial charge in [-0.3, -0.25) is 5.32 Å². The van der Waals surface area contributed by atoms with E-state index in [1.807, 2.05) is 0 Å². The van der Waals surface area contributed by atoms with E-state index in [2.05, 4.69) is 26.0 Å². The Morgan fingerprint density at radius 2 is 2.14 bits per heavy atom. The highest BCUT2D eigenvalue weighted by Gasteiger charge is 2.06. The van der Waals surface area contributed by atoms with E-state index in [9.17, 15) is 4.79 Å². The molecule has 0 bridgehead atoms. The quantitative estimate of drug-likeness (QED) is 0.889. The molecule has 0 aliphatic carbocycles. The highest BCUT2D eigenvalue weighted by molar-refractivity contribution is 9.10. The van der Waals surface area contributed by atoms with Crippen molar-refractivity contribution in [2.24, 2.45) is 0 Å². The Morgan fingerprint density at radius 3 is 2.71 bits per heavy atom. The molecule has 14 heavy (non-hydrogen) atoms. The molecule has 0 saturated heterocycles. The second-order valence-electron chi connectivity index (χ2n) is 2.46. The van der Waals surface area contributed by atoms with Crippen molar-refractivity contribution in [2.45, 2.75) is 0 Å². The third-order valence-electron chi connectivity index (χ3n) is 1.59. The van der Waals surface area contributed by atoms with Crippen molar-refractivity contribution in [2.75, 3.05) is 19.5 Å². The maximum Gasteiger partial charge on any atom is 0.411 e. The van der Waals surface area contributed by atoms with E-state index < -0.39 is 6.09 Å². The van der Waals surface area contributed by atoms with E-state index in [0.29, 0.717) is 11.4 Å². The van der Waals surface area contributed by atoms with Gasteiger partial charge in [0.1, 0.15) is 5.75 Å². The molecule has 0 heterocycles. The van der Waals surface area contributed by atoms with Gasteiger partial charge in [0, 0.05) is 4.47 Å². The van der Waals surface area contributed by atoms with Crippen molar-refractivity contribution < 1.29 is 14.3 Å². The lowest BCUT2D eigenvalue weighted by molar-refractivity contribution is 0.187. The van der Waals surface area contributed by atoms with Gasteiger partial charge in [-0.05, 0) is 18.2 Å². The molecule has 1 amide bonds. The minimum absolute atomic E-state index is 0.523. The van der Waals surface area contributed by atoms with Crippen molar-refractivity contribution >= 4 is 27.7 Å². The molecule has 0 aromatic heterocycles. The van der Waals surface area contributed by atoms with Crippen LogP contribution in [0.5, 0.6) is 5.75 Å². The van der Waals surface area contributed by atoms with Crippen LogP contribution >= 0.6 is 15.9 Å². The number of hydrogen-bond donors (Lipinski definition) is 1. The number of hydrogen-bond acceptors (Lipinski definition) is 3. The Kier molecular flexibility index (Phi) is 3.76. The van der Waals surface area contributed by atoms with Crippen LogP contribution in [0.3, 0.4) is 0 Å². The average Bonchev–Trinajstić information content (AvgIpc) is 2.20. The minimum atomic E-state index is -0.523. The normalized spacial score (nSPS) is 9.36. The standard InChI is InChI=1S/C9H10BrNO3/c1-13-8-5-6(10)3-4-7(8)11-9(12)14-2/h3-5H,1-2H3,(H,11,12). The monoisotopic (exact) mass is 259 g/mol. The van der Waals surface area contributed by atoms with Crippen molar-refractivity contribution in [1.29, 1.82) is 0 Å². The third kappa shape index (κ3) is 2.63. The molecule has 0 aliphatic rings. The summed E-state index contributed by atoms with van der Waals surface area (Å²) in [7, 11) is 2.84. The molecule has 0 spiro atoms. The summed E-state index contributed by atoms with van der Waals surface area (Å²) in [5.74, 6) is 0.574. The number of nitrogens with one attached hydrogen (secondary N) is 1. The number of amides is 1. The average molecular weight is 260 g/mol. The summed E-state index contributed by atoms with van der Waals surface area (Å²) in [6.45, 7) is 0. The molecule has 0 saturated carbocycles. The zero-order valence-corrected chi connectivity index (χ0v) is 9.42. The second-order valence-corrected chi connectivity index (χ2v) is 3.38. The molecule has 76 valence electrons. The summed E-state index contributed by atoms with van der Waals surface area (Å²) in [4.78, 5) is 10.9. The first-order chi connectivity index (χ1) is 6.67. The van der Waals surface area contributed by atoms with E-state index in [1.54, 1.807) is 18.2 Å². The fourth-order valence-electron chi connectivity index (χ4n) is 0.929. The largest absolute Gasteiger partial charge is 0.495 e. The molecule has 0 radical (unpaired) electrons. The Hall–Kier alpha value is -1.23. The summed E-state index contributed by atoms with van der Waals surface area (Å²) in [5.41, 5.74) is 0.572. The van der Waals surface area contributed by atoms with Crippen LogP contribution in [0.2, 0.25) is 0 Å². The number of carbonyl (C=O) groups excluding carboxylic acids is 1. The number of ether oxygens (including phenoxy) is 2. The Morgan fingerprint density at radius 1 is 1.43 bits per heavy atom. The number of anilines is 1. The lowest BCUT2D eigenvalue weighted by Gasteiger charge is -2.09. The van der Waals surface area contributed by atoms with E-state index in [1.165, 1.54) is 14.2 Å². The van der Waals surface area contributed by atoms with Gasteiger partial charge in [0.25, 0.3) is 0 Å². The smallest absolute Gasteiger partial charge is 0.411 e. The van der Waals surface area contributed by atoms with Gasteiger partial charge in [-0.1, -0.05) is 15.9 Å². The number of rotatable bonds is 2. The first-order valence-electron chi connectivity index (χ1n) is 3.86. The van der Waals surface area contributed by atoms with Gasteiger partial charge in [-0.2, -0.15) is 0 Å². The molecule has 1 rings (SSSR count). The van der Waals surface area contributed by atoms with Gasteiger partial charge in [0.05, 0.1) is 19.9 Å². The third-order valence-corrected chi connectivity index (χ3v) is 2.08. The first kappa shape index (κ1) is 10.8. The molecule has 1 N–H and O–H groups in total. The van der Waals surface area contributed by atoms with Gasteiger partial charge in [-0.15, -0.1) is 0 Å². The summed E-state index contributed by atoms with van der Waals surface area (Å²) >= 11 is 3.30. The topological polar surface area (TPSA) is 47.6 Å². The maximum atomic E-state index is 10.9. The van der Waals surface area contributed by atoms with Crippen LogP contribution in [-0.2, 0) is 4.74 Å². The van der Waals surface area contributed by atoms with Gasteiger partial charge in [-0.25, -0.2) is 4.79 Å². The minimum Gasteiger partial charge on any atom is -0.495 e. The van der Waals surface area contributed by atoms with E-state index in [0.717, 1.165) is 4.47 Å². The van der Waals surface area contributed by atoms with Crippen LogP contribution in [0, 0.1) is 0 Å². The van der Waals surface area contributed by atoms with E-state index in [-0.39, 0.29) is 0 Å². The molecule has 1 aromatic rings. The van der Waals surface area contributed by atoms with Crippen molar-refractivity contribution in [3.63, 3.8) is 0 Å². The lowest BCUT2D eigenvalue weighted by atomic mass is 10.3. The molecule has 0 atom stereocenters. The molecule has 4 nitrogen and oxygen atoms in total. The number of methoxy groups -OCH3 is 2. The van der Waals surface area contributed by atoms with Crippen molar-refractivity contribution in [3.8, 4) is 5.75 Å². The zero-order valence-electron chi connectivity index (χ0n) is 7.83. The van der Waals surface area contributed by atoms with Crippen LogP contribution in [0.1, 0.15) is 0 Å². The molecule has 0 aliphatic heterocycles. The van der Waals surface area contributed by atoms with Crippen LogP contribution in [0.4, 0.5) is 10.5 Å². The van der Waals surface area contributed by atoms with Crippen LogP contribution in [0.25, 0.3) is 0 Å². The van der Waals surface area contributed by atoms with Crippen molar-refractivity contribution in [1.82, 2.24) is 0 Å². The van der Waals surface area contributed by atoms with Crippen molar-refractivity contribution in [3.05, 3.63) is 22.7 Å². The Balaban J connectivity index is 2.90. The van der Waals surface area contributed by atoms with E-state index >= 15 is 0 Å². The van der Waals surface area contributed by atoms with Gasteiger partial charge in [0.2, 0.25) is 0 Å². The summed E-state index contributed by atoms with van der Waals surface area (Å²) in [6.07, 6.45) is -0.523. The predicted molar refractivity (Wildman–Crippen MR) is 56.7 cm³/mol. The number of carbonyl (C=O) groups is 1. The highest BCUT2D eigenvalue weighted by atomic mass is 79.9. The summed E-state index contributed by atoms with van der Waals surface area (Å²) < 4.78 is 10.4. The zero-order chi connectivity index (χ0) is 10.6. The van der Waals surface area contributed by atoms with Crippen LogP contribution in [0.15, 0.2) is 22.7 Å².